The van der Waals surface area contributed by atoms with Gasteiger partial charge in [-0.05, 0) is 20.8 Å². The molecule has 0 radical (unpaired) electrons. The lowest BCUT2D eigenvalue weighted by atomic mass is 10.1. The third kappa shape index (κ3) is 5.87. The summed E-state index contributed by atoms with van der Waals surface area (Å²) in [5, 5.41) is 13.7. The number of nitrogen functional groups attached to an aromatic ring is 1. The zero-order chi connectivity index (χ0) is 14.6. The number of ether oxygens (including phenoxy) is 1. The monoisotopic (exact) mass is 306 g/mol. The SMILES string of the molecule is CC(C)(C)NCC(O)COc1cc(Cl)c(N)c(Cl)c1. The topological polar surface area (TPSA) is 67.5 Å². The summed E-state index contributed by atoms with van der Waals surface area (Å²) >= 11 is 11.8. The highest BCUT2D eigenvalue weighted by Gasteiger charge is 2.13. The molecule has 0 spiro atoms. The molecule has 0 saturated carbocycles. The fourth-order valence-corrected chi connectivity index (χ4v) is 1.79. The summed E-state index contributed by atoms with van der Waals surface area (Å²) in [4.78, 5) is 0. The molecule has 6 heteroatoms. The van der Waals surface area contributed by atoms with Crippen LogP contribution in [0, 0.1) is 0 Å². The van der Waals surface area contributed by atoms with Crippen LogP contribution < -0.4 is 15.8 Å². The average molecular weight is 307 g/mol. The zero-order valence-corrected chi connectivity index (χ0v) is 12.8. The van der Waals surface area contributed by atoms with E-state index in [0.717, 1.165) is 0 Å². The molecule has 0 aliphatic carbocycles. The highest BCUT2D eigenvalue weighted by molar-refractivity contribution is 6.39. The van der Waals surface area contributed by atoms with E-state index in [1.165, 1.54) is 0 Å². The van der Waals surface area contributed by atoms with E-state index in [9.17, 15) is 5.11 Å². The molecule has 0 amide bonds. The van der Waals surface area contributed by atoms with Crippen molar-refractivity contribution in [2.75, 3.05) is 18.9 Å². The van der Waals surface area contributed by atoms with E-state index in [1.807, 2.05) is 20.8 Å². The molecule has 0 aliphatic rings. The number of rotatable bonds is 5. The van der Waals surface area contributed by atoms with Gasteiger partial charge in [0, 0.05) is 24.2 Å². The number of hydrogen-bond donors (Lipinski definition) is 3. The zero-order valence-electron chi connectivity index (χ0n) is 11.3. The molecule has 1 unspecified atom stereocenters. The molecule has 1 aromatic carbocycles. The van der Waals surface area contributed by atoms with Crippen LogP contribution in [0.3, 0.4) is 0 Å². The lowest BCUT2D eigenvalue weighted by molar-refractivity contribution is 0.100. The van der Waals surface area contributed by atoms with Gasteiger partial charge in [-0.15, -0.1) is 0 Å². The fraction of sp³-hybridized carbons (Fsp3) is 0.538. The Balaban J connectivity index is 2.48. The van der Waals surface area contributed by atoms with Gasteiger partial charge in [-0.2, -0.15) is 0 Å². The summed E-state index contributed by atoms with van der Waals surface area (Å²) in [7, 11) is 0. The van der Waals surface area contributed by atoms with E-state index in [4.69, 9.17) is 33.7 Å². The van der Waals surface area contributed by atoms with Crippen molar-refractivity contribution < 1.29 is 9.84 Å². The van der Waals surface area contributed by atoms with Crippen molar-refractivity contribution in [2.45, 2.75) is 32.4 Å². The molecule has 1 rings (SSSR count). The minimum Gasteiger partial charge on any atom is -0.491 e. The van der Waals surface area contributed by atoms with Gasteiger partial charge in [0.2, 0.25) is 0 Å². The predicted octanol–water partition coefficient (Wildman–Crippen LogP) is 2.70. The summed E-state index contributed by atoms with van der Waals surface area (Å²) in [6, 6.07) is 3.15. The van der Waals surface area contributed by atoms with Crippen molar-refractivity contribution in [1.29, 1.82) is 0 Å². The van der Waals surface area contributed by atoms with Crippen LogP contribution in [0.4, 0.5) is 5.69 Å². The third-order valence-corrected chi connectivity index (χ3v) is 2.99. The highest BCUT2D eigenvalue weighted by atomic mass is 35.5. The minimum atomic E-state index is -0.616. The van der Waals surface area contributed by atoms with E-state index < -0.39 is 6.10 Å². The van der Waals surface area contributed by atoms with Crippen LogP contribution in [0.15, 0.2) is 12.1 Å². The quantitative estimate of drug-likeness (QED) is 0.732. The maximum Gasteiger partial charge on any atom is 0.122 e. The summed E-state index contributed by atoms with van der Waals surface area (Å²) in [6.07, 6.45) is -0.616. The second-order valence-electron chi connectivity index (χ2n) is 5.40. The van der Waals surface area contributed by atoms with Crippen LogP contribution in [-0.4, -0.2) is 29.9 Å². The number of nitrogens with two attached hydrogens (primary N) is 1. The van der Waals surface area contributed by atoms with Crippen LogP contribution in [0.1, 0.15) is 20.8 Å². The largest absolute Gasteiger partial charge is 0.491 e. The van der Waals surface area contributed by atoms with E-state index in [1.54, 1.807) is 12.1 Å². The Hall–Kier alpha value is -0.680. The molecule has 0 bridgehead atoms. The lowest BCUT2D eigenvalue weighted by Crippen LogP contribution is -2.42. The number of aliphatic hydroxyl groups excluding tert-OH is 1. The molecular weight excluding hydrogens is 287 g/mol. The van der Waals surface area contributed by atoms with Gasteiger partial charge in [0.05, 0.1) is 15.7 Å². The van der Waals surface area contributed by atoms with Crippen LogP contribution in [-0.2, 0) is 0 Å². The summed E-state index contributed by atoms with van der Waals surface area (Å²) in [5.41, 5.74) is 5.90. The Bertz CT molecular complexity index is 410. The molecule has 0 saturated heterocycles. The Kier molecular flexibility index (Phi) is 5.74. The molecule has 19 heavy (non-hydrogen) atoms. The third-order valence-electron chi connectivity index (χ3n) is 2.36. The molecule has 0 aromatic heterocycles. The first-order valence-electron chi connectivity index (χ1n) is 5.99. The normalized spacial score (nSPS) is 13.4. The van der Waals surface area contributed by atoms with Gasteiger partial charge in [0.1, 0.15) is 18.5 Å². The van der Waals surface area contributed by atoms with E-state index >= 15 is 0 Å². The Morgan fingerprint density at radius 2 is 1.84 bits per heavy atom. The van der Waals surface area contributed by atoms with Gasteiger partial charge < -0.3 is 20.9 Å². The van der Waals surface area contributed by atoms with Crippen molar-refractivity contribution >= 4 is 28.9 Å². The lowest BCUT2D eigenvalue weighted by Gasteiger charge is -2.23. The molecule has 108 valence electrons. The van der Waals surface area contributed by atoms with Gasteiger partial charge in [0.15, 0.2) is 0 Å². The Labute approximate surface area is 123 Å². The number of β-amino-alcohol motifs (C(OH)–C–C–N with tert-alkyl or cyclic N) is 1. The highest BCUT2D eigenvalue weighted by Crippen LogP contribution is 2.32. The second kappa shape index (κ2) is 6.66. The molecule has 4 N–H and O–H groups in total. The van der Waals surface area contributed by atoms with Crippen LogP contribution in [0.5, 0.6) is 5.75 Å². The Morgan fingerprint density at radius 1 is 1.32 bits per heavy atom. The Morgan fingerprint density at radius 3 is 2.32 bits per heavy atom. The standard InChI is InChI=1S/C13H20Cl2N2O2/c1-13(2,3)17-6-8(18)7-19-9-4-10(14)12(16)11(15)5-9/h4-5,8,17-18H,6-7,16H2,1-3H3. The van der Waals surface area contributed by atoms with Crippen molar-refractivity contribution in [1.82, 2.24) is 5.32 Å². The maximum atomic E-state index is 9.79. The molecule has 4 nitrogen and oxygen atoms in total. The van der Waals surface area contributed by atoms with Crippen molar-refractivity contribution in [3.63, 3.8) is 0 Å². The summed E-state index contributed by atoms with van der Waals surface area (Å²) < 4.78 is 5.44. The van der Waals surface area contributed by atoms with Gasteiger partial charge >= 0.3 is 0 Å². The molecule has 0 fully saturated rings. The molecule has 1 atom stereocenters. The molecular formula is C13H20Cl2N2O2. The fourth-order valence-electron chi connectivity index (χ4n) is 1.32. The van der Waals surface area contributed by atoms with E-state index in [2.05, 4.69) is 5.32 Å². The number of halogens is 2. The summed E-state index contributed by atoms with van der Waals surface area (Å²) in [5.74, 6) is 0.485. The van der Waals surface area contributed by atoms with Crippen LogP contribution in [0.25, 0.3) is 0 Å². The first kappa shape index (κ1) is 16.4. The van der Waals surface area contributed by atoms with Gasteiger partial charge in [0.25, 0.3) is 0 Å². The molecule has 0 heterocycles. The molecule has 1 aromatic rings. The van der Waals surface area contributed by atoms with Gasteiger partial charge in [-0.3, -0.25) is 0 Å². The number of nitrogens with one attached hydrogen (secondary N) is 1. The smallest absolute Gasteiger partial charge is 0.122 e. The van der Waals surface area contributed by atoms with Crippen molar-refractivity contribution in [2.24, 2.45) is 0 Å². The van der Waals surface area contributed by atoms with E-state index in [0.29, 0.717) is 28.0 Å². The number of benzene rings is 1. The van der Waals surface area contributed by atoms with E-state index in [-0.39, 0.29) is 12.1 Å². The second-order valence-corrected chi connectivity index (χ2v) is 6.21. The maximum absolute atomic E-state index is 9.79. The van der Waals surface area contributed by atoms with Crippen molar-refractivity contribution in [3.05, 3.63) is 22.2 Å². The minimum absolute atomic E-state index is 0.0468. The van der Waals surface area contributed by atoms with Crippen LogP contribution in [0.2, 0.25) is 10.0 Å². The van der Waals surface area contributed by atoms with Gasteiger partial charge in [-0.25, -0.2) is 0 Å². The van der Waals surface area contributed by atoms with Gasteiger partial charge in [-0.1, -0.05) is 23.2 Å². The van der Waals surface area contributed by atoms with Crippen LogP contribution >= 0.6 is 23.2 Å². The number of anilines is 1. The van der Waals surface area contributed by atoms with Crippen molar-refractivity contribution in [3.8, 4) is 5.75 Å². The summed E-state index contributed by atoms with van der Waals surface area (Å²) in [6.45, 7) is 6.68. The predicted molar refractivity (Wildman–Crippen MR) is 80.1 cm³/mol. The average Bonchev–Trinajstić information content (AvgIpc) is 2.29. The number of hydrogen-bond acceptors (Lipinski definition) is 4. The number of aliphatic hydroxyl groups is 1. The first-order valence-corrected chi connectivity index (χ1v) is 6.75. The molecule has 0 aliphatic heterocycles. The first-order chi connectivity index (χ1) is 8.69.